The molecule has 3 amide bonds. The molecule has 36 heavy (non-hydrogen) atoms. The largest absolute Gasteiger partial charge is 0.508 e. The first kappa shape index (κ1) is 30.2. The molecule has 0 saturated carbocycles. The van der Waals surface area contributed by atoms with E-state index in [-0.39, 0.29) is 30.8 Å². The molecule has 0 aliphatic rings. The zero-order chi connectivity index (χ0) is 27.4. The minimum atomic E-state index is -1.70. The summed E-state index contributed by atoms with van der Waals surface area (Å²) in [6, 6.07) is -0.256. The van der Waals surface area contributed by atoms with Crippen LogP contribution in [0.25, 0.3) is 0 Å². The number of carboxylic acid groups (broad SMARTS) is 3. The molecule has 1 rings (SSSR count). The van der Waals surface area contributed by atoms with Gasteiger partial charge in [0.25, 0.3) is 0 Å². The van der Waals surface area contributed by atoms with Crippen LogP contribution in [0.3, 0.4) is 0 Å². The van der Waals surface area contributed by atoms with Gasteiger partial charge in [-0.2, -0.15) is 12.6 Å². The van der Waals surface area contributed by atoms with E-state index in [9.17, 15) is 39.0 Å². The molecule has 0 fully saturated rings. The second-order valence-electron chi connectivity index (χ2n) is 7.71. The summed E-state index contributed by atoms with van der Waals surface area (Å²) >= 11 is 3.95. The number of carboxylic acids is 3. The SMILES string of the molecule is NC(CCC(=O)O)C(=O)NC(CS)C(=O)NC(CC(=O)O)C(=O)NC(Cc1ccc(O)cc1)C(=O)O. The summed E-state index contributed by atoms with van der Waals surface area (Å²) in [5.41, 5.74) is 6.05. The van der Waals surface area contributed by atoms with E-state index < -0.39 is 66.2 Å². The molecule has 4 unspecified atom stereocenters. The maximum atomic E-state index is 12.7. The van der Waals surface area contributed by atoms with Gasteiger partial charge in [0.05, 0.1) is 12.5 Å². The lowest BCUT2D eigenvalue weighted by atomic mass is 10.0. The average Bonchev–Trinajstić information content (AvgIpc) is 2.80. The molecule has 15 heteroatoms. The van der Waals surface area contributed by atoms with E-state index in [1.54, 1.807) is 0 Å². The Hall–Kier alpha value is -3.85. The third-order valence-corrected chi connectivity index (χ3v) is 5.19. The summed E-state index contributed by atoms with van der Waals surface area (Å²) in [6.07, 6.45) is -1.68. The van der Waals surface area contributed by atoms with Gasteiger partial charge in [-0.3, -0.25) is 24.0 Å². The Labute approximate surface area is 210 Å². The minimum absolute atomic E-state index is 0.0485. The van der Waals surface area contributed by atoms with E-state index >= 15 is 0 Å². The number of benzene rings is 1. The summed E-state index contributed by atoms with van der Waals surface area (Å²) in [4.78, 5) is 71.0. The molecule has 0 spiro atoms. The number of phenols is 1. The van der Waals surface area contributed by atoms with Crippen LogP contribution in [0.4, 0.5) is 0 Å². The van der Waals surface area contributed by atoms with Crippen molar-refractivity contribution >= 4 is 48.3 Å². The highest BCUT2D eigenvalue weighted by Crippen LogP contribution is 2.12. The van der Waals surface area contributed by atoms with Crippen LogP contribution >= 0.6 is 12.6 Å². The average molecular weight is 529 g/mol. The monoisotopic (exact) mass is 528 g/mol. The van der Waals surface area contributed by atoms with Gasteiger partial charge in [0, 0.05) is 18.6 Å². The molecule has 0 heterocycles. The summed E-state index contributed by atoms with van der Waals surface area (Å²) in [5.74, 6) is -7.33. The smallest absolute Gasteiger partial charge is 0.326 e. The van der Waals surface area contributed by atoms with Crippen LogP contribution in [0.2, 0.25) is 0 Å². The predicted molar refractivity (Wildman–Crippen MR) is 126 cm³/mol. The molecule has 1 aromatic rings. The van der Waals surface area contributed by atoms with Gasteiger partial charge in [-0.05, 0) is 24.1 Å². The fourth-order valence-electron chi connectivity index (χ4n) is 2.88. The van der Waals surface area contributed by atoms with Gasteiger partial charge in [0.2, 0.25) is 17.7 Å². The Morgan fingerprint density at radius 1 is 0.806 bits per heavy atom. The number of hydrogen-bond donors (Lipinski definition) is 9. The van der Waals surface area contributed by atoms with Gasteiger partial charge >= 0.3 is 17.9 Å². The third-order valence-electron chi connectivity index (χ3n) is 4.82. The van der Waals surface area contributed by atoms with Crippen LogP contribution in [0.1, 0.15) is 24.8 Å². The zero-order valence-corrected chi connectivity index (χ0v) is 19.8. The first-order valence-corrected chi connectivity index (χ1v) is 11.2. The molecule has 0 bridgehead atoms. The molecule has 1 aromatic carbocycles. The van der Waals surface area contributed by atoms with Gasteiger partial charge in [-0.1, -0.05) is 12.1 Å². The molecule has 4 atom stereocenters. The Morgan fingerprint density at radius 3 is 1.83 bits per heavy atom. The highest BCUT2D eigenvalue weighted by Gasteiger charge is 2.31. The number of rotatable bonds is 15. The number of carbonyl (C=O) groups excluding carboxylic acids is 3. The first-order valence-electron chi connectivity index (χ1n) is 10.6. The molecule has 0 aromatic heterocycles. The molecule has 0 aliphatic heterocycles. The molecule has 9 N–H and O–H groups in total. The molecular formula is C21H28N4O10S. The maximum absolute atomic E-state index is 12.7. The number of hydrogen-bond acceptors (Lipinski definition) is 9. The van der Waals surface area contributed by atoms with Crippen LogP contribution in [0, 0.1) is 0 Å². The fourth-order valence-corrected chi connectivity index (χ4v) is 3.14. The molecule has 0 radical (unpaired) electrons. The number of thiol groups is 1. The predicted octanol–water partition coefficient (Wildman–Crippen LogP) is -1.93. The Morgan fingerprint density at radius 2 is 1.33 bits per heavy atom. The van der Waals surface area contributed by atoms with Crippen molar-refractivity contribution in [2.24, 2.45) is 5.73 Å². The minimum Gasteiger partial charge on any atom is -0.508 e. The molecular weight excluding hydrogens is 500 g/mol. The van der Waals surface area contributed by atoms with E-state index in [1.165, 1.54) is 24.3 Å². The lowest BCUT2D eigenvalue weighted by Gasteiger charge is -2.24. The van der Waals surface area contributed by atoms with Crippen LogP contribution < -0.4 is 21.7 Å². The summed E-state index contributed by atoms with van der Waals surface area (Å²) in [6.45, 7) is 0. The van der Waals surface area contributed by atoms with Crippen molar-refractivity contribution in [3.63, 3.8) is 0 Å². The fraction of sp³-hybridized carbons (Fsp3) is 0.429. The quantitative estimate of drug-likeness (QED) is 0.113. The third kappa shape index (κ3) is 10.6. The topological polar surface area (TPSA) is 245 Å². The number of aliphatic carboxylic acids is 3. The van der Waals surface area contributed by atoms with Gasteiger partial charge < -0.3 is 42.1 Å². The molecule has 14 nitrogen and oxygen atoms in total. The van der Waals surface area contributed by atoms with Crippen molar-refractivity contribution < 1.29 is 49.2 Å². The summed E-state index contributed by atoms with van der Waals surface area (Å²) in [7, 11) is 0. The summed E-state index contributed by atoms with van der Waals surface area (Å²) in [5, 5.41) is 43.2. The van der Waals surface area contributed by atoms with Gasteiger partial charge in [-0.15, -0.1) is 0 Å². The lowest BCUT2D eigenvalue weighted by molar-refractivity contribution is -0.143. The highest BCUT2D eigenvalue weighted by atomic mass is 32.1. The van der Waals surface area contributed by atoms with Gasteiger partial charge in [-0.25, -0.2) is 4.79 Å². The van der Waals surface area contributed by atoms with Crippen LogP contribution in [-0.2, 0) is 35.2 Å². The van der Waals surface area contributed by atoms with E-state index in [0.29, 0.717) is 5.56 Å². The number of nitrogens with two attached hydrogens (primary N) is 1. The van der Waals surface area contributed by atoms with Crippen molar-refractivity contribution in [1.82, 2.24) is 16.0 Å². The zero-order valence-electron chi connectivity index (χ0n) is 18.9. The number of amides is 3. The van der Waals surface area contributed by atoms with Gasteiger partial charge in [0.1, 0.15) is 23.9 Å². The second kappa shape index (κ2) is 14.5. The first-order chi connectivity index (χ1) is 16.8. The Kier molecular flexibility index (Phi) is 12.2. The number of aromatic hydroxyl groups is 1. The number of carbonyl (C=O) groups is 6. The molecule has 198 valence electrons. The van der Waals surface area contributed by atoms with Crippen molar-refractivity contribution in [2.45, 2.75) is 49.9 Å². The van der Waals surface area contributed by atoms with Crippen LogP contribution in [-0.4, -0.2) is 86.0 Å². The second-order valence-corrected chi connectivity index (χ2v) is 8.08. The van der Waals surface area contributed by atoms with E-state index in [4.69, 9.17) is 15.9 Å². The van der Waals surface area contributed by atoms with E-state index in [0.717, 1.165) is 0 Å². The molecule has 0 saturated heterocycles. The van der Waals surface area contributed by atoms with Crippen molar-refractivity contribution in [1.29, 1.82) is 0 Å². The van der Waals surface area contributed by atoms with Gasteiger partial charge in [0.15, 0.2) is 0 Å². The standard InChI is InChI=1S/C21H28N4O10S/c22-12(5-6-16(27)28)18(31)25-15(9-36)20(33)23-13(8-17(29)30)19(32)24-14(21(34)35)7-10-1-3-11(26)4-2-10/h1-4,12-15,26,36H,5-9,22H2,(H,23,33)(H,24,32)(H,25,31)(H,27,28)(H,29,30)(H,34,35). The van der Waals surface area contributed by atoms with Crippen molar-refractivity contribution in [2.75, 3.05) is 5.75 Å². The maximum Gasteiger partial charge on any atom is 0.326 e. The Bertz CT molecular complexity index is 972. The lowest BCUT2D eigenvalue weighted by Crippen LogP contribution is -2.58. The van der Waals surface area contributed by atoms with Crippen LogP contribution in [0.5, 0.6) is 5.75 Å². The Balaban J connectivity index is 2.90. The normalized spacial score (nSPS) is 13.9. The van der Waals surface area contributed by atoms with Crippen LogP contribution in [0.15, 0.2) is 24.3 Å². The van der Waals surface area contributed by atoms with E-state index in [1.807, 2.05) is 0 Å². The van der Waals surface area contributed by atoms with E-state index in [2.05, 4.69) is 28.6 Å². The number of nitrogens with one attached hydrogen (secondary N) is 3. The number of phenolic OH excluding ortho intramolecular Hbond substituents is 1. The molecule has 0 aliphatic carbocycles. The van der Waals surface area contributed by atoms with Crippen molar-refractivity contribution in [3.8, 4) is 5.75 Å². The highest BCUT2D eigenvalue weighted by molar-refractivity contribution is 7.80. The summed E-state index contributed by atoms with van der Waals surface area (Å²) < 4.78 is 0. The van der Waals surface area contributed by atoms with Crippen molar-refractivity contribution in [3.05, 3.63) is 29.8 Å².